The number of nitrogens with zero attached hydrogens (tertiary/aromatic N) is 4. The van der Waals surface area contributed by atoms with Crippen molar-refractivity contribution in [2.24, 2.45) is 0 Å². The molecular formula is C24H23N5OS. The monoisotopic (exact) mass is 429 g/mol. The number of piperidine rings is 1. The van der Waals surface area contributed by atoms with Gasteiger partial charge in [-0.05, 0) is 56.4 Å². The van der Waals surface area contributed by atoms with Crippen molar-refractivity contribution in [1.29, 1.82) is 0 Å². The number of aryl methyl sites for hydroxylation is 1. The Labute approximate surface area is 184 Å². The molecule has 156 valence electrons. The van der Waals surface area contributed by atoms with Gasteiger partial charge < -0.3 is 10.1 Å². The Morgan fingerprint density at radius 2 is 1.81 bits per heavy atom. The molecule has 3 aromatic heterocycles. The predicted molar refractivity (Wildman–Crippen MR) is 122 cm³/mol. The van der Waals surface area contributed by atoms with Crippen molar-refractivity contribution >= 4 is 21.6 Å². The third-order valence-electron chi connectivity index (χ3n) is 6.32. The lowest BCUT2D eigenvalue weighted by atomic mass is 10.0. The zero-order valence-electron chi connectivity index (χ0n) is 17.3. The smallest absolute Gasteiger partial charge is 0.233 e. The number of hydrogen-bond acceptors (Lipinski definition) is 7. The lowest BCUT2D eigenvalue weighted by Gasteiger charge is -2.28. The van der Waals surface area contributed by atoms with Gasteiger partial charge in [-0.25, -0.2) is 4.98 Å². The number of hydrogen-bond donors (Lipinski definition) is 1. The first-order chi connectivity index (χ1) is 15.2. The van der Waals surface area contributed by atoms with Gasteiger partial charge in [-0.2, -0.15) is 0 Å². The summed E-state index contributed by atoms with van der Waals surface area (Å²) in [7, 11) is 0. The minimum absolute atomic E-state index is 0.232. The highest BCUT2D eigenvalue weighted by atomic mass is 32.1. The van der Waals surface area contributed by atoms with Crippen LogP contribution >= 0.6 is 11.3 Å². The van der Waals surface area contributed by atoms with E-state index >= 15 is 0 Å². The fraction of sp³-hybridized carbons (Fsp3) is 0.333. The molecule has 1 N–H and O–H groups in total. The first kappa shape index (κ1) is 18.8. The number of thiazole rings is 1. The van der Waals surface area contributed by atoms with E-state index in [-0.39, 0.29) is 6.10 Å². The lowest BCUT2D eigenvalue weighted by molar-refractivity contribution is 0.130. The lowest BCUT2D eigenvalue weighted by Crippen LogP contribution is -2.42. The molecule has 2 aliphatic heterocycles. The topological polar surface area (TPSA) is 72.8 Å². The largest absolute Gasteiger partial charge is 0.473 e. The molecule has 2 unspecified atom stereocenters. The Morgan fingerprint density at radius 3 is 2.58 bits per heavy atom. The van der Waals surface area contributed by atoms with Crippen LogP contribution in [0.3, 0.4) is 0 Å². The summed E-state index contributed by atoms with van der Waals surface area (Å²) in [4.78, 5) is 8.95. The first-order valence-electron chi connectivity index (χ1n) is 10.8. The molecule has 2 bridgehead atoms. The molecule has 0 aliphatic carbocycles. The second-order valence-electron chi connectivity index (χ2n) is 8.48. The van der Waals surface area contributed by atoms with Crippen LogP contribution in [0.25, 0.3) is 32.6 Å². The quantitative estimate of drug-likeness (QED) is 0.503. The maximum atomic E-state index is 6.16. The minimum atomic E-state index is 0.232. The van der Waals surface area contributed by atoms with Gasteiger partial charge in [0.25, 0.3) is 0 Å². The SMILES string of the molecule is Cc1cc(-c2ccc(-c3ccc(OC4CC5CCC(C4)N5)nn3)c3scnc23)ccn1. The number of fused-ring (bicyclic) bond motifs is 3. The summed E-state index contributed by atoms with van der Waals surface area (Å²) in [6, 6.07) is 13.5. The summed E-state index contributed by atoms with van der Waals surface area (Å²) in [6.45, 7) is 2.00. The van der Waals surface area contributed by atoms with Gasteiger partial charge in [-0.15, -0.1) is 21.5 Å². The fourth-order valence-electron chi connectivity index (χ4n) is 4.90. The highest BCUT2D eigenvalue weighted by Gasteiger charge is 2.34. The third-order valence-corrected chi connectivity index (χ3v) is 7.18. The first-order valence-corrected chi connectivity index (χ1v) is 11.7. The average Bonchev–Trinajstić information content (AvgIpc) is 3.40. The van der Waals surface area contributed by atoms with Crippen LogP contribution in [0.5, 0.6) is 5.88 Å². The number of nitrogens with one attached hydrogen (secondary N) is 1. The van der Waals surface area contributed by atoms with Crippen molar-refractivity contribution in [2.75, 3.05) is 0 Å². The maximum absolute atomic E-state index is 6.16. The van der Waals surface area contributed by atoms with Crippen LogP contribution < -0.4 is 10.1 Å². The number of pyridine rings is 1. The molecule has 0 amide bonds. The molecule has 2 aliphatic rings. The molecule has 6 rings (SSSR count). The molecule has 7 heteroatoms. The van der Waals surface area contributed by atoms with E-state index < -0.39 is 0 Å². The van der Waals surface area contributed by atoms with Gasteiger partial charge in [0.15, 0.2) is 0 Å². The maximum Gasteiger partial charge on any atom is 0.233 e. The van der Waals surface area contributed by atoms with Crippen LogP contribution in [-0.4, -0.2) is 38.4 Å². The zero-order valence-corrected chi connectivity index (χ0v) is 18.1. The number of rotatable bonds is 4. The van der Waals surface area contributed by atoms with E-state index in [0.29, 0.717) is 18.0 Å². The second-order valence-corrected chi connectivity index (χ2v) is 9.34. The van der Waals surface area contributed by atoms with Crippen molar-refractivity contribution in [2.45, 2.75) is 50.8 Å². The standard InChI is InChI=1S/C24H23N5OS/c1-14-10-15(8-9-25-14)19-4-5-20(24-23(19)26-13-31-24)21-6-7-22(29-28-21)30-18-11-16-2-3-17(12-18)27-16/h4-10,13,16-18,27H,2-3,11-12H2,1H3. The van der Waals surface area contributed by atoms with Crippen molar-refractivity contribution in [3.63, 3.8) is 0 Å². The van der Waals surface area contributed by atoms with Crippen molar-refractivity contribution in [3.05, 3.63) is 53.8 Å². The summed E-state index contributed by atoms with van der Waals surface area (Å²) in [6.07, 6.45) is 6.70. The van der Waals surface area contributed by atoms with E-state index in [2.05, 4.69) is 43.7 Å². The molecule has 0 spiro atoms. The molecule has 2 atom stereocenters. The number of benzene rings is 1. The molecule has 2 fully saturated rings. The van der Waals surface area contributed by atoms with Crippen LogP contribution in [0, 0.1) is 6.92 Å². The van der Waals surface area contributed by atoms with Crippen LogP contribution in [-0.2, 0) is 0 Å². The summed E-state index contributed by atoms with van der Waals surface area (Å²) in [5.74, 6) is 0.611. The Bertz CT molecular complexity index is 1230. The van der Waals surface area contributed by atoms with E-state index in [1.54, 1.807) is 11.3 Å². The van der Waals surface area contributed by atoms with Crippen molar-refractivity contribution in [3.8, 4) is 28.3 Å². The van der Waals surface area contributed by atoms with E-state index in [1.807, 2.05) is 36.8 Å². The minimum Gasteiger partial charge on any atom is -0.473 e. The van der Waals surface area contributed by atoms with Gasteiger partial charge in [-0.3, -0.25) is 4.98 Å². The highest BCUT2D eigenvalue weighted by Crippen LogP contribution is 2.37. The summed E-state index contributed by atoms with van der Waals surface area (Å²) >= 11 is 1.63. The number of aromatic nitrogens is 4. The molecular weight excluding hydrogens is 406 g/mol. The highest BCUT2D eigenvalue weighted by molar-refractivity contribution is 7.17. The molecule has 0 saturated carbocycles. The van der Waals surface area contributed by atoms with E-state index in [1.165, 1.54) is 12.8 Å². The molecule has 31 heavy (non-hydrogen) atoms. The fourth-order valence-corrected chi connectivity index (χ4v) is 5.73. The van der Waals surface area contributed by atoms with Gasteiger partial charge in [0.2, 0.25) is 5.88 Å². The summed E-state index contributed by atoms with van der Waals surface area (Å²) in [5.41, 5.74) is 7.99. The molecule has 0 radical (unpaired) electrons. The normalized spacial score (nSPS) is 22.7. The Kier molecular flexibility index (Phi) is 4.65. The van der Waals surface area contributed by atoms with E-state index in [9.17, 15) is 0 Å². The van der Waals surface area contributed by atoms with Gasteiger partial charge in [0, 0.05) is 41.2 Å². The van der Waals surface area contributed by atoms with Gasteiger partial charge >= 0.3 is 0 Å². The molecule has 1 aromatic carbocycles. The van der Waals surface area contributed by atoms with Crippen LogP contribution in [0.15, 0.2) is 48.1 Å². The van der Waals surface area contributed by atoms with Gasteiger partial charge in [0.05, 0.1) is 21.4 Å². The van der Waals surface area contributed by atoms with Crippen LogP contribution in [0.2, 0.25) is 0 Å². The third kappa shape index (κ3) is 3.58. The molecule has 5 heterocycles. The van der Waals surface area contributed by atoms with E-state index in [0.717, 1.165) is 51.1 Å². The predicted octanol–water partition coefficient (Wildman–Crippen LogP) is 4.79. The van der Waals surface area contributed by atoms with Gasteiger partial charge in [-0.1, -0.05) is 12.1 Å². The van der Waals surface area contributed by atoms with E-state index in [4.69, 9.17) is 4.74 Å². The Hall–Kier alpha value is -2.90. The van der Waals surface area contributed by atoms with Crippen LogP contribution in [0.4, 0.5) is 0 Å². The molecule has 4 aromatic rings. The van der Waals surface area contributed by atoms with Gasteiger partial charge in [0.1, 0.15) is 6.10 Å². The summed E-state index contributed by atoms with van der Waals surface area (Å²) in [5, 5.41) is 12.5. The Balaban J connectivity index is 1.28. The van der Waals surface area contributed by atoms with Crippen molar-refractivity contribution < 1.29 is 4.74 Å². The second kappa shape index (κ2) is 7.66. The Morgan fingerprint density at radius 1 is 0.968 bits per heavy atom. The number of ether oxygens (including phenoxy) is 1. The van der Waals surface area contributed by atoms with Crippen LogP contribution in [0.1, 0.15) is 31.4 Å². The molecule has 2 saturated heterocycles. The average molecular weight is 430 g/mol. The zero-order chi connectivity index (χ0) is 20.8. The van der Waals surface area contributed by atoms with Crippen molar-refractivity contribution in [1.82, 2.24) is 25.5 Å². The summed E-state index contributed by atoms with van der Waals surface area (Å²) < 4.78 is 7.27. The molecule has 6 nitrogen and oxygen atoms in total.